The molecule has 1 N–H and O–H groups in total. The van der Waals surface area contributed by atoms with Crippen LogP contribution in [0.2, 0.25) is 0 Å². The number of hydrogen-bond donors (Lipinski definition) is 1. The molecule has 1 saturated heterocycles. The number of fused-ring (bicyclic) bond motifs is 1. The van der Waals surface area contributed by atoms with E-state index in [1.165, 1.54) is 4.68 Å². The summed E-state index contributed by atoms with van der Waals surface area (Å²) in [5.41, 5.74) is 2.55. The molecule has 0 unspecified atom stereocenters. The SMILES string of the molecule is CC[C@@H](C(=O)NCCCN1CCN(C)CC1)n1nc(C)c2nn(-c3ccccc3)c(C)c2c1=O. The van der Waals surface area contributed by atoms with Crippen molar-refractivity contribution in [3.63, 3.8) is 0 Å². The first kappa shape index (κ1) is 24.1. The molecule has 1 aliphatic heterocycles. The molecule has 1 amide bonds. The van der Waals surface area contributed by atoms with E-state index in [4.69, 9.17) is 0 Å². The van der Waals surface area contributed by atoms with Crippen LogP contribution in [0.15, 0.2) is 35.1 Å². The molecule has 1 aromatic carbocycles. The van der Waals surface area contributed by atoms with Gasteiger partial charge in [-0.05, 0) is 52.4 Å². The average Bonchev–Trinajstić information content (AvgIpc) is 3.20. The van der Waals surface area contributed by atoms with Gasteiger partial charge in [0.2, 0.25) is 5.91 Å². The minimum atomic E-state index is -0.654. The van der Waals surface area contributed by atoms with E-state index in [9.17, 15) is 9.59 Å². The summed E-state index contributed by atoms with van der Waals surface area (Å²) < 4.78 is 3.11. The Morgan fingerprint density at radius 2 is 1.79 bits per heavy atom. The van der Waals surface area contributed by atoms with Crippen molar-refractivity contribution in [1.29, 1.82) is 0 Å². The lowest BCUT2D eigenvalue weighted by atomic mass is 10.2. The molecule has 182 valence electrons. The molecule has 2 aromatic heterocycles. The second kappa shape index (κ2) is 10.5. The van der Waals surface area contributed by atoms with Gasteiger partial charge < -0.3 is 15.1 Å². The van der Waals surface area contributed by atoms with Gasteiger partial charge in [-0.3, -0.25) is 9.59 Å². The number of amides is 1. The van der Waals surface area contributed by atoms with Gasteiger partial charge in [-0.2, -0.15) is 10.2 Å². The van der Waals surface area contributed by atoms with Gasteiger partial charge in [-0.1, -0.05) is 25.1 Å². The Balaban J connectivity index is 1.50. The van der Waals surface area contributed by atoms with Gasteiger partial charge in [0.15, 0.2) is 0 Å². The van der Waals surface area contributed by atoms with Crippen LogP contribution >= 0.6 is 0 Å². The Bertz CT molecular complexity index is 1190. The summed E-state index contributed by atoms with van der Waals surface area (Å²) in [6, 6.07) is 9.06. The summed E-state index contributed by atoms with van der Waals surface area (Å²) in [7, 11) is 2.14. The standard InChI is InChI=1S/C25H35N7O2/c1-5-21(24(33)26-12-9-13-30-16-14-29(4)15-17-30)32-25(34)22-19(3)31(20-10-7-6-8-11-20)28-23(22)18(2)27-32/h6-8,10-11,21H,5,9,12-17H2,1-4H3,(H,26,33)/t21-/m0/s1. The number of likely N-dealkylation sites (N-methyl/N-ethyl adjacent to an activating group) is 1. The zero-order chi connectivity index (χ0) is 24.2. The Morgan fingerprint density at radius 3 is 2.47 bits per heavy atom. The first-order valence-corrected chi connectivity index (χ1v) is 12.1. The van der Waals surface area contributed by atoms with Crippen LogP contribution in [0.5, 0.6) is 0 Å². The Hall–Kier alpha value is -3.04. The van der Waals surface area contributed by atoms with Crippen molar-refractivity contribution < 1.29 is 4.79 Å². The molecule has 0 bridgehead atoms. The smallest absolute Gasteiger partial charge is 0.278 e. The largest absolute Gasteiger partial charge is 0.354 e. The zero-order valence-corrected chi connectivity index (χ0v) is 20.6. The number of carbonyl (C=O) groups excluding carboxylic acids is 1. The molecule has 0 aliphatic carbocycles. The van der Waals surface area contributed by atoms with Crippen LogP contribution in [-0.4, -0.2) is 81.6 Å². The number of piperazine rings is 1. The van der Waals surface area contributed by atoms with E-state index in [1.54, 1.807) is 4.68 Å². The van der Waals surface area contributed by atoms with E-state index in [-0.39, 0.29) is 11.5 Å². The quantitative estimate of drug-likeness (QED) is 0.512. The fourth-order valence-electron chi connectivity index (χ4n) is 4.59. The van der Waals surface area contributed by atoms with Crippen molar-refractivity contribution in [2.75, 3.05) is 46.3 Å². The van der Waals surface area contributed by atoms with E-state index in [2.05, 4.69) is 32.4 Å². The molecule has 1 atom stereocenters. The van der Waals surface area contributed by atoms with Crippen LogP contribution in [0.4, 0.5) is 0 Å². The molecule has 0 saturated carbocycles. The highest BCUT2D eigenvalue weighted by molar-refractivity contribution is 5.84. The third-order valence-corrected chi connectivity index (χ3v) is 6.67. The monoisotopic (exact) mass is 465 g/mol. The van der Waals surface area contributed by atoms with Gasteiger partial charge in [-0.15, -0.1) is 0 Å². The highest BCUT2D eigenvalue weighted by Crippen LogP contribution is 2.21. The minimum Gasteiger partial charge on any atom is -0.354 e. The van der Waals surface area contributed by atoms with E-state index >= 15 is 0 Å². The first-order valence-electron chi connectivity index (χ1n) is 12.1. The maximum atomic E-state index is 13.5. The van der Waals surface area contributed by atoms with Crippen molar-refractivity contribution in [3.8, 4) is 5.69 Å². The van der Waals surface area contributed by atoms with Crippen LogP contribution < -0.4 is 10.9 Å². The number of aryl methyl sites for hydroxylation is 2. The number of aromatic nitrogens is 4. The third-order valence-electron chi connectivity index (χ3n) is 6.67. The molecule has 4 rings (SSSR count). The summed E-state index contributed by atoms with van der Waals surface area (Å²) in [5.74, 6) is -0.165. The average molecular weight is 466 g/mol. The van der Waals surface area contributed by atoms with Crippen LogP contribution in [0.1, 0.15) is 37.2 Å². The molecule has 9 nitrogen and oxygen atoms in total. The lowest BCUT2D eigenvalue weighted by molar-refractivity contribution is -0.124. The number of nitrogens with one attached hydrogen (secondary N) is 1. The van der Waals surface area contributed by atoms with Gasteiger partial charge >= 0.3 is 0 Å². The number of para-hydroxylation sites is 1. The van der Waals surface area contributed by atoms with E-state index in [1.807, 2.05) is 51.1 Å². The number of carbonyl (C=O) groups is 1. The van der Waals surface area contributed by atoms with Gasteiger partial charge in [0.1, 0.15) is 11.6 Å². The summed E-state index contributed by atoms with van der Waals surface area (Å²) in [4.78, 5) is 31.3. The summed E-state index contributed by atoms with van der Waals surface area (Å²) in [5, 5.41) is 12.7. The fraction of sp³-hybridized carbons (Fsp3) is 0.520. The van der Waals surface area contributed by atoms with Gasteiger partial charge in [0, 0.05) is 32.7 Å². The fourth-order valence-corrected chi connectivity index (χ4v) is 4.59. The van der Waals surface area contributed by atoms with Crippen molar-refractivity contribution in [2.45, 2.75) is 39.7 Å². The topological polar surface area (TPSA) is 88.3 Å². The number of rotatable bonds is 8. The highest BCUT2D eigenvalue weighted by Gasteiger charge is 2.25. The molecule has 1 aliphatic rings. The lowest BCUT2D eigenvalue weighted by Gasteiger charge is -2.32. The second-order valence-corrected chi connectivity index (χ2v) is 9.11. The molecule has 34 heavy (non-hydrogen) atoms. The van der Waals surface area contributed by atoms with E-state index < -0.39 is 6.04 Å². The van der Waals surface area contributed by atoms with Crippen LogP contribution in [0.25, 0.3) is 16.6 Å². The van der Waals surface area contributed by atoms with E-state index in [0.717, 1.165) is 50.5 Å². The summed E-state index contributed by atoms with van der Waals surface area (Å²) in [6.45, 7) is 11.5. The van der Waals surface area contributed by atoms with Gasteiger partial charge in [0.25, 0.3) is 5.56 Å². The number of hydrogen-bond acceptors (Lipinski definition) is 6. The van der Waals surface area contributed by atoms with Crippen LogP contribution in [0.3, 0.4) is 0 Å². The molecule has 0 spiro atoms. The predicted molar refractivity (Wildman–Crippen MR) is 133 cm³/mol. The number of nitrogens with zero attached hydrogens (tertiary/aromatic N) is 6. The summed E-state index contributed by atoms with van der Waals surface area (Å²) >= 11 is 0. The predicted octanol–water partition coefficient (Wildman–Crippen LogP) is 1.90. The zero-order valence-electron chi connectivity index (χ0n) is 20.6. The van der Waals surface area contributed by atoms with Crippen molar-refractivity contribution in [1.82, 2.24) is 34.7 Å². The number of benzene rings is 1. The summed E-state index contributed by atoms with van der Waals surface area (Å²) in [6.07, 6.45) is 1.36. The Labute approximate surface area is 200 Å². The second-order valence-electron chi connectivity index (χ2n) is 9.11. The van der Waals surface area contributed by atoms with Gasteiger partial charge in [-0.25, -0.2) is 9.36 Å². The molecular formula is C25H35N7O2. The molecule has 9 heteroatoms. The van der Waals surface area contributed by atoms with E-state index in [0.29, 0.717) is 29.6 Å². The maximum Gasteiger partial charge on any atom is 0.278 e. The third kappa shape index (κ3) is 4.90. The van der Waals surface area contributed by atoms with Crippen LogP contribution in [0, 0.1) is 13.8 Å². The molecular weight excluding hydrogens is 430 g/mol. The molecule has 3 aromatic rings. The van der Waals surface area contributed by atoms with Crippen molar-refractivity contribution >= 4 is 16.8 Å². The molecule has 1 fully saturated rings. The van der Waals surface area contributed by atoms with Crippen molar-refractivity contribution in [2.24, 2.45) is 0 Å². The Morgan fingerprint density at radius 1 is 1.09 bits per heavy atom. The maximum absolute atomic E-state index is 13.5. The highest BCUT2D eigenvalue weighted by atomic mass is 16.2. The normalized spacial score (nSPS) is 16.1. The first-order chi connectivity index (χ1) is 16.4. The van der Waals surface area contributed by atoms with Crippen LogP contribution in [-0.2, 0) is 4.79 Å². The lowest BCUT2D eigenvalue weighted by Crippen LogP contribution is -2.45. The van der Waals surface area contributed by atoms with Crippen molar-refractivity contribution in [3.05, 3.63) is 52.1 Å². The molecule has 0 radical (unpaired) electrons. The Kier molecular flexibility index (Phi) is 7.43. The van der Waals surface area contributed by atoms with Gasteiger partial charge in [0.05, 0.1) is 22.5 Å². The minimum absolute atomic E-state index is 0.165. The molecule has 3 heterocycles.